The van der Waals surface area contributed by atoms with Crippen LogP contribution in [0.25, 0.3) is 82.5 Å². The number of rotatable bonds is 6. The number of benzene rings is 9. The Kier molecular flexibility index (Phi) is 7.17. The van der Waals surface area contributed by atoms with Gasteiger partial charge in [0.2, 0.25) is 0 Å². The van der Waals surface area contributed by atoms with Crippen molar-refractivity contribution in [3.8, 4) is 27.9 Å². The third kappa shape index (κ3) is 5.20. The maximum atomic E-state index is 6.23. The number of hydrogen-bond acceptors (Lipinski definition) is 2. The molecule has 2 aromatic heterocycles. The maximum absolute atomic E-state index is 6.23. The summed E-state index contributed by atoms with van der Waals surface area (Å²) < 4.78 is 8.64. The van der Waals surface area contributed by atoms with Gasteiger partial charge in [-0.3, -0.25) is 0 Å². The van der Waals surface area contributed by atoms with Crippen molar-refractivity contribution < 1.29 is 4.42 Å². The predicted octanol–water partition coefficient (Wildman–Crippen LogP) is 14.6. The monoisotopic (exact) mass is 702 g/mol. The van der Waals surface area contributed by atoms with E-state index >= 15 is 0 Å². The van der Waals surface area contributed by atoms with Gasteiger partial charge in [0.1, 0.15) is 11.2 Å². The normalized spacial score (nSPS) is 11.6. The number of anilines is 3. The molecule has 0 bridgehead atoms. The molecule has 258 valence electrons. The lowest BCUT2D eigenvalue weighted by Gasteiger charge is -2.26. The molecule has 0 amide bonds. The lowest BCUT2D eigenvalue weighted by atomic mass is 10.0. The number of fused-ring (bicyclic) bond motifs is 7. The fourth-order valence-electron chi connectivity index (χ4n) is 8.36. The van der Waals surface area contributed by atoms with E-state index in [2.05, 4.69) is 204 Å². The smallest absolute Gasteiger partial charge is 0.135 e. The number of aromatic nitrogens is 1. The van der Waals surface area contributed by atoms with Gasteiger partial charge in [-0.05, 0) is 100 Å². The maximum Gasteiger partial charge on any atom is 0.135 e. The van der Waals surface area contributed by atoms with E-state index in [1.54, 1.807) is 0 Å². The van der Waals surface area contributed by atoms with Gasteiger partial charge in [0.15, 0.2) is 0 Å². The van der Waals surface area contributed by atoms with Gasteiger partial charge in [0.25, 0.3) is 0 Å². The second-order valence-electron chi connectivity index (χ2n) is 14.2. The highest BCUT2D eigenvalue weighted by atomic mass is 16.3. The summed E-state index contributed by atoms with van der Waals surface area (Å²) in [6, 6.07) is 74.0. The number of furan rings is 1. The predicted molar refractivity (Wildman–Crippen MR) is 231 cm³/mol. The molecule has 0 radical (unpaired) electrons. The molecule has 0 aliphatic heterocycles. The van der Waals surface area contributed by atoms with E-state index in [-0.39, 0.29) is 0 Å². The molecule has 0 unspecified atom stereocenters. The molecule has 11 rings (SSSR count). The summed E-state index contributed by atoms with van der Waals surface area (Å²) in [4.78, 5) is 2.34. The van der Waals surface area contributed by atoms with Crippen molar-refractivity contribution in [3.05, 3.63) is 206 Å². The van der Waals surface area contributed by atoms with Crippen LogP contribution in [-0.2, 0) is 0 Å². The van der Waals surface area contributed by atoms with Gasteiger partial charge >= 0.3 is 0 Å². The van der Waals surface area contributed by atoms with Crippen LogP contribution in [0.2, 0.25) is 0 Å². The van der Waals surface area contributed by atoms with E-state index in [0.717, 1.165) is 50.3 Å². The lowest BCUT2D eigenvalue weighted by molar-refractivity contribution is 0.669. The Labute approximate surface area is 318 Å². The van der Waals surface area contributed by atoms with Crippen LogP contribution >= 0.6 is 0 Å². The molecule has 2 heterocycles. The molecule has 3 nitrogen and oxygen atoms in total. The summed E-state index contributed by atoms with van der Waals surface area (Å²) in [5.74, 6) is 0. The fourth-order valence-corrected chi connectivity index (χ4v) is 8.36. The third-order valence-corrected chi connectivity index (χ3v) is 11.0. The highest BCUT2D eigenvalue weighted by Crippen LogP contribution is 2.41. The zero-order chi connectivity index (χ0) is 36.3. The second-order valence-corrected chi connectivity index (χ2v) is 14.2. The van der Waals surface area contributed by atoms with E-state index in [9.17, 15) is 0 Å². The Bertz CT molecular complexity index is 3150. The molecule has 55 heavy (non-hydrogen) atoms. The summed E-state index contributed by atoms with van der Waals surface area (Å²) in [5, 5.41) is 7.22. The SMILES string of the molecule is c1ccc(-n2c3ccccc3c3ccccc32)c(-c2ccc(N(c3ccc(-c4ccc5ccccc5c4)cc3)c3ccc4oc5ccccc5c4c3)cc2)c1. The Morgan fingerprint density at radius 3 is 1.64 bits per heavy atom. The fraction of sp³-hybridized carbons (Fsp3) is 0. The number of hydrogen-bond donors (Lipinski definition) is 0. The van der Waals surface area contributed by atoms with Crippen LogP contribution < -0.4 is 4.90 Å². The van der Waals surface area contributed by atoms with Crippen molar-refractivity contribution in [2.24, 2.45) is 0 Å². The zero-order valence-corrected chi connectivity index (χ0v) is 29.9. The summed E-state index contributed by atoms with van der Waals surface area (Å²) in [7, 11) is 0. The average molecular weight is 703 g/mol. The van der Waals surface area contributed by atoms with Crippen molar-refractivity contribution in [3.63, 3.8) is 0 Å². The van der Waals surface area contributed by atoms with E-state index in [1.807, 2.05) is 12.1 Å². The zero-order valence-electron chi connectivity index (χ0n) is 29.9. The van der Waals surface area contributed by atoms with Crippen LogP contribution in [0.5, 0.6) is 0 Å². The summed E-state index contributed by atoms with van der Waals surface area (Å²) >= 11 is 0. The van der Waals surface area contributed by atoms with E-state index in [0.29, 0.717) is 0 Å². The lowest BCUT2D eigenvalue weighted by Crippen LogP contribution is -2.09. The number of nitrogens with zero attached hydrogens (tertiary/aromatic N) is 2. The highest BCUT2D eigenvalue weighted by Gasteiger charge is 2.18. The highest BCUT2D eigenvalue weighted by molar-refractivity contribution is 6.10. The van der Waals surface area contributed by atoms with Crippen molar-refractivity contribution in [1.82, 2.24) is 4.57 Å². The van der Waals surface area contributed by atoms with Gasteiger partial charge in [-0.1, -0.05) is 133 Å². The van der Waals surface area contributed by atoms with Crippen LogP contribution in [0.1, 0.15) is 0 Å². The Morgan fingerprint density at radius 1 is 0.345 bits per heavy atom. The average Bonchev–Trinajstić information content (AvgIpc) is 3.80. The standard InChI is InChI=1S/C52H34N2O/c1-2-12-38-33-39(22-21-35(38)11-1)36-23-27-40(28-24-36)53(42-31-32-52-47(34-42)46-16-6-10-20-51(46)55-52)41-29-25-37(26-30-41)43-13-3-7-17-48(43)54-49-18-8-4-14-44(49)45-15-5-9-19-50(45)54/h1-34H. The van der Waals surface area contributed by atoms with Gasteiger partial charge in [0, 0.05) is 44.2 Å². The first-order chi connectivity index (χ1) is 27.3. The summed E-state index contributed by atoms with van der Waals surface area (Å²) in [5.41, 5.74) is 13.3. The van der Waals surface area contributed by atoms with Crippen LogP contribution in [-0.4, -0.2) is 4.57 Å². The Hall–Kier alpha value is -7.36. The third-order valence-electron chi connectivity index (χ3n) is 11.0. The topological polar surface area (TPSA) is 21.3 Å². The summed E-state index contributed by atoms with van der Waals surface area (Å²) in [6.07, 6.45) is 0. The van der Waals surface area contributed by atoms with Crippen LogP contribution in [0.3, 0.4) is 0 Å². The largest absolute Gasteiger partial charge is 0.456 e. The quantitative estimate of drug-likeness (QED) is 0.172. The van der Waals surface area contributed by atoms with E-state index in [4.69, 9.17) is 4.42 Å². The molecule has 0 spiro atoms. The number of para-hydroxylation sites is 4. The molecule has 9 aromatic carbocycles. The van der Waals surface area contributed by atoms with Gasteiger partial charge in [-0.2, -0.15) is 0 Å². The summed E-state index contributed by atoms with van der Waals surface area (Å²) in [6.45, 7) is 0. The van der Waals surface area contributed by atoms with Crippen molar-refractivity contribution in [2.75, 3.05) is 4.90 Å². The molecule has 0 saturated carbocycles. The van der Waals surface area contributed by atoms with Crippen molar-refractivity contribution >= 4 is 71.6 Å². The van der Waals surface area contributed by atoms with E-state index in [1.165, 1.54) is 49.3 Å². The first-order valence-corrected chi connectivity index (χ1v) is 18.8. The first kappa shape index (κ1) is 31.2. The second kappa shape index (κ2) is 12.6. The molecule has 0 atom stereocenters. The van der Waals surface area contributed by atoms with Crippen LogP contribution in [0, 0.1) is 0 Å². The molecule has 0 saturated heterocycles. The Balaban J connectivity index is 1.03. The molecular formula is C52H34N2O. The molecule has 0 N–H and O–H groups in total. The minimum atomic E-state index is 0.883. The van der Waals surface area contributed by atoms with Crippen molar-refractivity contribution in [1.29, 1.82) is 0 Å². The first-order valence-electron chi connectivity index (χ1n) is 18.8. The molecule has 0 aliphatic carbocycles. The van der Waals surface area contributed by atoms with Gasteiger partial charge < -0.3 is 13.9 Å². The molecule has 3 heteroatoms. The molecule has 0 fully saturated rings. The molecule has 0 aliphatic rings. The van der Waals surface area contributed by atoms with Crippen molar-refractivity contribution in [2.45, 2.75) is 0 Å². The molecule has 11 aromatic rings. The van der Waals surface area contributed by atoms with Gasteiger partial charge in [0.05, 0.1) is 16.7 Å². The van der Waals surface area contributed by atoms with Gasteiger partial charge in [-0.25, -0.2) is 0 Å². The minimum Gasteiger partial charge on any atom is -0.456 e. The van der Waals surface area contributed by atoms with E-state index < -0.39 is 0 Å². The molecular weight excluding hydrogens is 669 g/mol. The van der Waals surface area contributed by atoms with Crippen LogP contribution in [0.4, 0.5) is 17.1 Å². The minimum absolute atomic E-state index is 0.883. The Morgan fingerprint density at radius 2 is 0.891 bits per heavy atom. The van der Waals surface area contributed by atoms with Gasteiger partial charge in [-0.15, -0.1) is 0 Å². The van der Waals surface area contributed by atoms with Crippen LogP contribution in [0.15, 0.2) is 211 Å².